The fourth-order valence-electron chi connectivity index (χ4n) is 1.99. The zero-order valence-electron chi connectivity index (χ0n) is 10.6. The predicted octanol–water partition coefficient (Wildman–Crippen LogP) is 4.23. The Morgan fingerprint density at radius 2 is 2.00 bits per heavy atom. The summed E-state index contributed by atoms with van der Waals surface area (Å²) in [4.78, 5) is 0. The zero-order valence-corrected chi connectivity index (χ0v) is 12.1. The van der Waals surface area contributed by atoms with Gasteiger partial charge in [0.25, 0.3) is 0 Å². The maximum Gasteiger partial charge on any atom is 0.164 e. The second-order valence-electron chi connectivity index (χ2n) is 4.45. The van der Waals surface area contributed by atoms with Crippen molar-refractivity contribution in [3.63, 3.8) is 0 Å². The standard InChI is InChI=1S/C13H15Cl2N3/c1-8(2)18-12(7-14)16-17-13(18)10-5-4-6-11(15)9(10)3/h4-6,8H,7H2,1-3H3. The van der Waals surface area contributed by atoms with Gasteiger partial charge in [0, 0.05) is 16.6 Å². The van der Waals surface area contributed by atoms with E-state index in [4.69, 9.17) is 23.2 Å². The van der Waals surface area contributed by atoms with Crippen molar-refractivity contribution in [1.82, 2.24) is 14.8 Å². The highest BCUT2D eigenvalue weighted by atomic mass is 35.5. The largest absolute Gasteiger partial charge is 0.307 e. The summed E-state index contributed by atoms with van der Waals surface area (Å²) < 4.78 is 2.05. The highest BCUT2D eigenvalue weighted by molar-refractivity contribution is 6.31. The fraction of sp³-hybridized carbons (Fsp3) is 0.385. The average molecular weight is 284 g/mol. The lowest BCUT2D eigenvalue weighted by molar-refractivity contribution is 0.584. The summed E-state index contributed by atoms with van der Waals surface area (Å²) >= 11 is 12.1. The second kappa shape index (κ2) is 5.29. The first-order valence-electron chi connectivity index (χ1n) is 5.81. The van der Waals surface area contributed by atoms with E-state index in [2.05, 4.69) is 24.0 Å². The number of nitrogens with zero attached hydrogens (tertiary/aromatic N) is 3. The molecule has 5 heteroatoms. The minimum atomic E-state index is 0.252. The first-order valence-corrected chi connectivity index (χ1v) is 6.72. The molecule has 0 saturated heterocycles. The Kier molecular flexibility index (Phi) is 3.93. The minimum absolute atomic E-state index is 0.252. The third-order valence-corrected chi connectivity index (χ3v) is 3.56. The Morgan fingerprint density at radius 1 is 1.28 bits per heavy atom. The van der Waals surface area contributed by atoms with Crippen LogP contribution in [0.25, 0.3) is 11.4 Å². The molecule has 0 spiro atoms. The third kappa shape index (κ3) is 2.25. The van der Waals surface area contributed by atoms with Crippen LogP contribution in [0.2, 0.25) is 5.02 Å². The van der Waals surface area contributed by atoms with Gasteiger partial charge in [0.05, 0.1) is 5.88 Å². The Balaban J connectivity index is 2.64. The molecule has 0 aliphatic rings. The maximum atomic E-state index is 6.15. The second-order valence-corrected chi connectivity index (χ2v) is 5.12. The first-order chi connectivity index (χ1) is 8.56. The van der Waals surface area contributed by atoms with E-state index in [9.17, 15) is 0 Å². The molecule has 18 heavy (non-hydrogen) atoms. The summed E-state index contributed by atoms with van der Waals surface area (Å²) in [5, 5.41) is 9.13. The quantitative estimate of drug-likeness (QED) is 0.790. The van der Waals surface area contributed by atoms with Gasteiger partial charge in [-0.3, -0.25) is 0 Å². The van der Waals surface area contributed by atoms with Crippen LogP contribution in [0, 0.1) is 6.92 Å². The number of alkyl halides is 1. The smallest absolute Gasteiger partial charge is 0.164 e. The highest BCUT2D eigenvalue weighted by Gasteiger charge is 2.17. The molecular formula is C13H15Cl2N3. The minimum Gasteiger partial charge on any atom is -0.307 e. The van der Waals surface area contributed by atoms with E-state index in [1.54, 1.807) is 0 Å². The van der Waals surface area contributed by atoms with Gasteiger partial charge in [-0.05, 0) is 32.4 Å². The van der Waals surface area contributed by atoms with E-state index in [-0.39, 0.29) is 6.04 Å². The van der Waals surface area contributed by atoms with Crippen LogP contribution < -0.4 is 0 Å². The van der Waals surface area contributed by atoms with E-state index in [1.165, 1.54) is 0 Å². The molecule has 0 bridgehead atoms. The van der Waals surface area contributed by atoms with Gasteiger partial charge in [0.1, 0.15) is 5.82 Å². The van der Waals surface area contributed by atoms with Gasteiger partial charge < -0.3 is 4.57 Å². The van der Waals surface area contributed by atoms with Crippen LogP contribution in [0.4, 0.5) is 0 Å². The summed E-state index contributed by atoms with van der Waals surface area (Å²) in [6.45, 7) is 6.16. The molecule has 0 amide bonds. The molecule has 2 rings (SSSR count). The van der Waals surface area contributed by atoms with Crippen molar-refractivity contribution in [3.8, 4) is 11.4 Å². The van der Waals surface area contributed by atoms with Gasteiger partial charge >= 0.3 is 0 Å². The van der Waals surface area contributed by atoms with Crippen LogP contribution in [-0.2, 0) is 5.88 Å². The maximum absolute atomic E-state index is 6.15. The number of rotatable bonds is 3. The molecule has 0 N–H and O–H groups in total. The molecule has 1 heterocycles. The normalized spacial score (nSPS) is 11.2. The van der Waals surface area contributed by atoms with Crippen molar-refractivity contribution < 1.29 is 0 Å². The van der Waals surface area contributed by atoms with E-state index in [0.29, 0.717) is 5.88 Å². The van der Waals surface area contributed by atoms with Gasteiger partial charge in [-0.15, -0.1) is 21.8 Å². The van der Waals surface area contributed by atoms with Gasteiger partial charge in [0.15, 0.2) is 5.82 Å². The number of halogens is 2. The summed E-state index contributed by atoms with van der Waals surface area (Å²) in [5.74, 6) is 1.95. The molecule has 2 aromatic rings. The molecular weight excluding hydrogens is 269 g/mol. The van der Waals surface area contributed by atoms with Crippen molar-refractivity contribution in [1.29, 1.82) is 0 Å². The molecule has 3 nitrogen and oxygen atoms in total. The van der Waals surface area contributed by atoms with Crippen LogP contribution in [0.3, 0.4) is 0 Å². The lowest BCUT2D eigenvalue weighted by Crippen LogP contribution is -2.07. The molecule has 0 aliphatic heterocycles. The van der Waals surface area contributed by atoms with Gasteiger partial charge in [-0.1, -0.05) is 23.7 Å². The number of benzene rings is 1. The van der Waals surface area contributed by atoms with Gasteiger partial charge in [0.2, 0.25) is 0 Å². The molecule has 1 aromatic carbocycles. The molecule has 0 aliphatic carbocycles. The Bertz CT molecular complexity index is 561. The first kappa shape index (κ1) is 13.4. The predicted molar refractivity (Wildman–Crippen MR) is 75.1 cm³/mol. The lowest BCUT2D eigenvalue weighted by atomic mass is 10.1. The summed E-state index contributed by atoms with van der Waals surface area (Å²) in [5.41, 5.74) is 2.01. The lowest BCUT2D eigenvalue weighted by Gasteiger charge is -2.14. The van der Waals surface area contributed by atoms with E-state index < -0.39 is 0 Å². The monoisotopic (exact) mass is 283 g/mol. The number of aromatic nitrogens is 3. The zero-order chi connectivity index (χ0) is 13.3. The molecule has 1 aromatic heterocycles. The van der Waals surface area contributed by atoms with Gasteiger partial charge in [-0.25, -0.2) is 0 Å². The molecule has 0 atom stereocenters. The van der Waals surface area contributed by atoms with Crippen LogP contribution in [0.5, 0.6) is 0 Å². The Labute approximate surface area is 117 Å². The molecule has 0 unspecified atom stereocenters. The van der Waals surface area contributed by atoms with E-state index in [0.717, 1.165) is 27.8 Å². The van der Waals surface area contributed by atoms with Crippen LogP contribution in [-0.4, -0.2) is 14.8 Å². The molecule has 0 saturated carbocycles. The fourth-order valence-corrected chi connectivity index (χ4v) is 2.35. The SMILES string of the molecule is Cc1c(Cl)cccc1-c1nnc(CCl)n1C(C)C. The summed E-state index contributed by atoms with van der Waals surface area (Å²) in [7, 11) is 0. The van der Waals surface area contributed by atoms with E-state index >= 15 is 0 Å². The number of hydrogen-bond acceptors (Lipinski definition) is 2. The Hall–Kier alpha value is -1.06. The van der Waals surface area contributed by atoms with Crippen molar-refractivity contribution in [3.05, 3.63) is 34.6 Å². The van der Waals surface area contributed by atoms with Crippen molar-refractivity contribution in [2.24, 2.45) is 0 Å². The third-order valence-electron chi connectivity index (χ3n) is 2.91. The highest BCUT2D eigenvalue weighted by Crippen LogP contribution is 2.29. The molecule has 0 fully saturated rings. The number of hydrogen-bond donors (Lipinski definition) is 0. The van der Waals surface area contributed by atoms with Crippen LogP contribution >= 0.6 is 23.2 Å². The summed E-state index contributed by atoms with van der Waals surface area (Å²) in [6.07, 6.45) is 0. The van der Waals surface area contributed by atoms with Crippen molar-refractivity contribution >= 4 is 23.2 Å². The van der Waals surface area contributed by atoms with Crippen LogP contribution in [0.15, 0.2) is 18.2 Å². The summed E-state index contributed by atoms with van der Waals surface area (Å²) in [6, 6.07) is 6.05. The van der Waals surface area contributed by atoms with Crippen LogP contribution in [0.1, 0.15) is 31.3 Å². The molecule has 96 valence electrons. The van der Waals surface area contributed by atoms with Gasteiger partial charge in [-0.2, -0.15) is 0 Å². The average Bonchev–Trinajstić information content (AvgIpc) is 2.76. The van der Waals surface area contributed by atoms with E-state index in [1.807, 2.05) is 29.7 Å². The molecule has 0 radical (unpaired) electrons. The van der Waals surface area contributed by atoms with Crippen molar-refractivity contribution in [2.45, 2.75) is 32.7 Å². The Morgan fingerprint density at radius 3 is 2.61 bits per heavy atom. The van der Waals surface area contributed by atoms with Crippen molar-refractivity contribution in [2.75, 3.05) is 0 Å². The topological polar surface area (TPSA) is 30.7 Å².